The van der Waals surface area contributed by atoms with E-state index in [-0.39, 0.29) is 11.7 Å². The number of thiophene rings is 1. The third-order valence-electron chi connectivity index (χ3n) is 4.95. The Kier molecular flexibility index (Phi) is 6.92. The van der Waals surface area contributed by atoms with Crippen LogP contribution in [-0.4, -0.2) is 15.8 Å². The Labute approximate surface area is 190 Å². The summed E-state index contributed by atoms with van der Waals surface area (Å²) in [6.45, 7) is 3.32. The largest absolute Gasteiger partial charge is 0.489 e. The zero-order valence-corrected chi connectivity index (χ0v) is 18.5. The van der Waals surface area contributed by atoms with Gasteiger partial charge >= 0.3 is 0 Å². The summed E-state index contributed by atoms with van der Waals surface area (Å²) in [6.07, 6.45) is 3.51. The minimum Gasteiger partial charge on any atom is -0.489 e. The van der Waals surface area contributed by atoms with E-state index < -0.39 is 0 Å². The van der Waals surface area contributed by atoms with Crippen LogP contribution in [0, 0.1) is 12.7 Å². The van der Waals surface area contributed by atoms with Gasteiger partial charge in [-0.2, -0.15) is 0 Å². The van der Waals surface area contributed by atoms with Crippen LogP contribution >= 0.6 is 11.3 Å². The average molecular weight is 447 g/mol. The average Bonchev–Trinajstić information content (AvgIpc) is 3.25. The molecule has 4 rings (SSSR count). The predicted molar refractivity (Wildman–Crippen MR) is 124 cm³/mol. The van der Waals surface area contributed by atoms with Crippen molar-refractivity contribution in [1.29, 1.82) is 0 Å². The molecule has 2 heterocycles. The van der Waals surface area contributed by atoms with Crippen molar-refractivity contribution in [3.05, 3.63) is 117 Å². The molecule has 0 atom stereocenters. The topological polar surface area (TPSA) is 42.4 Å². The standard InChI is InChI=1S/C26H23FN2O2S/c1-19-4-13-25(32-19)26(30)29(17-22-3-2-14-28-15-22)16-20-7-11-24(12-8-20)31-18-21-5-9-23(27)10-6-21/h2-15H,16-18H2,1H3. The lowest BCUT2D eigenvalue weighted by Crippen LogP contribution is -2.29. The summed E-state index contributed by atoms with van der Waals surface area (Å²) in [7, 11) is 0. The maximum Gasteiger partial charge on any atom is 0.264 e. The molecule has 0 aliphatic carbocycles. The van der Waals surface area contributed by atoms with Crippen molar-refractivity contribution in [3.63, 3.8) is 0 Å². The first-order valence-corrected chi connectivity index (χ1v) is 11.1. The van der Waals surface area contributed by atoms with E-state index in [0.29, 0.717) is 19.7 Å². The molecule has 0 N–H and O–H groups in total. The summed E-state index contributed by atoms with van der Waals surface area (Å²) in [6, 6.07) is 21.7. The molecule has 4 nitrogen and oxygen atoms in total. The van der Waals surface area contributed by atoms with Gasteiger partial charge in [0.2, 0.25) is 0 Å². The van der Waals surface area contributed by atoms with Crippen molar-refractivity contribution >= 4 is 17.2 Å². The second-order valence-corrected chi connectivity index (χ2v) is 8.78. The van der Waals surface area contributed by atoms with Gasteiger partial charge in [0.1, 0.15) is 18.2 Å². The number of carbonyl (C=O) groups is 1. The molecule has 0 saturated heterocycles. The Morgan fingerprint density at radius 1 is 0.938 bits per heavy atom. The van der Waals surface area contributed by atoms with Crippen molar-refractivity contribution in [1.82, 2.24) is 9.88 Å². The summed E-state index contributed by atoms with van der Waals surface area (Å²) < 4.78 is 18.8. The maximum atomic E-state index is 13.2. The molecule has 0 bridgehead atoms. The Balaban J connectivity index is 1.44. The summed E-state index contributed by atoms with van der Waals surface area (Å²) >= 11 is 1.50. The first kappa shape index (κ1) is 21.7. The van der Waals surface area contributed by atoms with Crippen molar-refractivity contribution in [2.75, 3.05) is 0 Å². The fraction of sp³-hybridized carbons (Fsp3) is 0.154. The van der Waals surface area contributed by atoms with Crippen molar-refractivity contribution in [3.8, 4) is 5.75 Å². The lowest BCUT2D eigenvalue weighted by atomic mass is 10.1. The highest BCUT2D eigenvalue weighted by Crippen LogP contribution is 2.21. The second kappa shape index (κ2) is 10.2. The van der Waals surface area contributed by atoms with Gasteiger partial charge in [-0.25, -0.2) is 4.39 Å². The van der Waals surface area contributed by atoms with E-state index >= 15 is 0 Å². The van der Waals surface area contributed by atoms with E-state index in [1.54, 1.807) is 24.5 Å². The van der Waals surface area contributed by atoms with Gasteiger partial charge in [0, 0.05) is 30.4 Å². The number of carbonyl (C=O) groups excluding carboxylic acids is 1. The number of benzene rings is 2. The van der Waals surface area contributed by atoms with E-state index in [1.807, 2.05) is 60.4 Å². The third-order valence-corrected chi connectivity index (χ3v) is 5.94. The fourth-order valence-corrected chi connectivity index (χ4v) is 4.11. The molecule has 0 aliphatic rings. The Bertz CT molecular complexity index is 1160. The number of hydrogen-bond acceptors (Lipinski definition) is 4. The number of nitrogens with zero attached hydrogens (tertiary/aromatic N) is 2. The summed E-state index contributed by atoms with van der Waals surface area (Å²) in [5.41, 5.74) is 2.88. The highest BCUT2D eigenvalue weighted by Gasteiger charge is 2.18. The third kappa shape index (κ3) is 5.80. The smallest absolute Gasteiger partial charge is 0.264 e. The van der Waals surface area contributed by atoms with Crippen molar-refractivity contribution in [2.24, 2.45) is 0 Å². The van der Waals surface area contributed by atoms with Gasteiger partial charge in [0.25, 0.3) is 5.91 Å². The van der Waals surface area contributed by atoms with Gasteiger partial charge < -0.3 is 9.64 Å². The number of rotatable bonds is 8. The van der Waals surface area contributed by atoms with Crippen LogP contribution in [0.3, 0.4) is 0 Å². The maximum absolute atomic E-state index is 13.2. The van der Waals surface area contributed by atoms with Crippen molar-refractivity contribution < 1.29 is 13.9 Å². The molecule has 0 unspecified atom stereocenters. The molecule has 0 fully saturated rings. The minimum atomic E-state index is -0.263. The van der Waals surface area contributed by atoms with Gasteiger partial charge in [-0.05, 0) is 66.1 Å². The second-order valence-electron chi connectivity index (χ2n) is 7.49. The van der Waals surface area contributed by atoms with E-state index in [2.05, 4.69) is 4.98 Å². The molecule has 162 valence electrons. The van der Waals surface area contributed by atoms with Gasteiger partial charge in [-0.15, -0.1) is 11.3 Å². The lowest BCUT2D eigenvalue weighted by Gasteiger charge is -2.22. The lowest BCUT2D eigenvalue weighted by molar-refractivity contribution is 0.0735. The first-order valence-electron chi connectivity index (χ1n) is 10.3. The number of halogens is 1. The fourth-order valence-electron chi connectivity index (χ4n) is 3.28. The number of pyridine rings is 1. The van der Waals surface area contributed by atoms with Crippen LogP contribution in [0.1, 0.15) is 31.2 Å². The SMILES string of the molecule is Cc1ccc(C(=O)N(Cc2ccc(OCc3ccc(F)cc3)cc2)Cc2cccnc2)s1. The molecular formula is C26H23FN2O2S. The molecule has 0 saturated carbocycles. The van der Waals surface area contributed by atoms with E-state index in [0.717, 1.165) is 32.2 Å². The Hall–Kier alpha value is -3.51. The molecule has 0 spiro atoms. The van der Waals surface area contributed by atoms with Crippen LogP contribution < -0.4 is 4.74 Å². The molecule has 2 aromatic heterocycles. The summed E-state index contributed by atoms with van der Waals surface area (Å²) in [5, 5.41) is 0. The zero-order chi connectivity index (χ0) is 22.3. The highest BCUT2D eigenvalue weighted by molar-refractivity contribution is 7.13. The quantitative estimate of drug-likeness (QED) is 0.333. The van der Waals surface area contributed by atoms with Crippen LogP contribution in [0.25, 0.3) is 0 Å². The molecule has 0 radical (unpaired) electrons. The number of amides is 1. The molecule has 0 aliphatic heterocycles. The zero-order valence-electron chi connectivity index (χ0n) is 17.7. The van der Waals surface area contributed by atoms with Crippen LogP contribution in [0.4, 0.5) is 4.39 Å². The Morgan fingerprint density at radius 2 is 1.66 bits per heavy atom. The summed E-state index contributed by atoms with van der Waals surface area (Å²) in [5.74, 6) is 0.460. The summed E-state index contributed by atoms with van der Waals surface area (Å²) in [4.78, 5) is 21.0. The Morgan fingerprint density at radius 3 is 2.31 bits per heavy atom. The van der Waals surface area contributed by atoms with Crippen molar-refractivity contribution in [2.45, 2.75) is 26.6 Å². The van der Waals surface area contributed by atoms with Crippen LogP contribution in [-0.2, 0) is 19.7 Å². The molecule has 4 aromatic rings. The van der Waals surface area contributed by atoms with Gasteiger partial charge in [0.15, 0.2) is 0 Å². The van der Waals surface area contributed by atoms with E-state index in [9.17, 15) is 9.18 Å². The van der Waals surface area contributed by atoms with Crippen LogP contribution in [0.2, 0.25) is 0 Å². The molecule has 6 heteroatoms. The number of ether oxygens (including phenoxy) is 1. The molecule has 1 amide bonds. The van der Waals surface area contributed by atoms with Gasteiger partial charge in [0.05, 0.1) is 4.88 Å². The molecule has 2 aromatic carbocycles. The van der Waals surface area contributed by atoms with Gasteiger partial charge in [-0.3, -0.25) is 9.78 Å². The normalized spacial score (nSPS) is 10.7. The van der Waals surface area contributed by atoms with Gasteiger partial charge in [-0.1, -0.05) is 30.3 Å². The number of aryl methyl sites for hydroxylation is 1. The van der Waals surface area contributed by atoms with E-state index in [1.165, 1.54) is 23.5 Å². The monoisotopic (exact) mass is 446 g/mol. The highest BCUT2D eigenvalue weighted by atomic mass is 32.1. The van der Waals surface area contributed by atoms with Crippen LogP contribution in [0.15, 0.2) is 85.2 Å². The predicted octanol–water partition coefficient (Wildman–Crippen LogP) is 6.01. The molecule has 32 heavy (non-hydrogen) atoms. The van der Waals surface area contributed by atoms with Crippen LogP contribution in [0.5, 0.6) is 5.75 Å². The number of hydrogen-bond donors (Lipinski definition) is 0. The number of aromatic nitrogens is 1. The minimum absolute atomic E-state index is 0.00332. The van der Waals surface area contributed by atoms with E-state index in [4.69, 9.17) is 4.74 Å². The molecular weight excluding hydrogens is 423 g/mol. The first-order chi connectivity index (χ1) is 15.6.